The minimum absolute atomic E-state index is 0.0924. The summed E-state index contributed by atoms with van der Waals surface area (Å²) in [7, 11) is 1.70. The number of methoxy groups -OCH3 is 1. The van der Waals surface area contributed by atoms with Crippen molar-refractivity contribution in [2.45, 2.75) is 19.6 Å². The normalized spacial score (nSPS) is 13.9. The molecular formula is C29H31N5O2. The van der Waals surface area contributed by atoms with Crippen LogP contribution in [0.3, 0.4) is 0 Å². The molecule has 1 aliphatic rings. The van der Waals surface area contributed by atoms with E-state index in [2.05, 4.69) is 80.8 Å². The average Bonchev–Trinajstić information content (AvgIpc) is 3.44. The fourth-order valence-electron chi connectivity index (χ4n) is 4.61. The first-order chi connectivity index (χ1) is 17.7. The maximum Gasteiger partial charge on any atom is 0.234 e. The number of amides is 1. The van der Waals surface area contributed by atoms with Crippen molar-refractivity contribution in [3.8, 4) is 11.4 Å². The first kappa shape index (κ1) is 23.6. The molecule has 5 rings (SSSR count). The number of carbonyl (C=O) groups excluding carboxylic acids is 1. The van der Waals surface area contributed by atoms with E-state index in [0.29, 0.717) is 13.1 Å². The molecule has 1 aromatic heterocycles. The number of carbonyl (C=O) groups is 1. The summed E-state index contributed by atoms with van der Waals surface area (Å²) in [4.78, 5) is 20.6. The molecule has 0 saturated carbocycles. The molecule has 4 aromatic rings. The van der Waals surface area contributed by atoms with Crippen molar-refractivity contribution in [1.29, 1.82) is 0 Å². The average molecular weight is 482 g/mol. The number of hydrogen-bond donors (Lipinski definition) is 1. The molecule has 36 heavy (non-hydrogen) atoms. The van der Waals surface area contributed by atoms with Gasteiger partial charge < -0.3 is 19.5 Å². The highest BCUT2D eigenvalue weighted by Gasteiger charge is 2.17. The molecule has 1 fully saturated rings. The molecule has 0 bridgehead atoms. The number of benzene rings is 3. The molecule has 184 valence electrons. The first-order valence-corrected chi connectivity index (χ1v) is 12.2. The van der Waals surface area contributed by atoms with E-state index in [1.807, 2.05) is 29.2 Å². The van der Waals surface area contributed by atoms with Crippen LogP contribution < -0.4 is 15.0 Å². The zero-order chi connectivity index (χ0) is 24.7. The monoisotopic (exact) mass is 481 g/mol. The highest BCUT2D eigenvalue weighted by molar-refractivity contribution is 5.78. The quantitative estimate of drug-likeness (QED) is 0.391. The molecule has 0 spiro atoms. The van der Waals surface area contributed by atoms with E-state index in [-0.39, 0.29) is 5.91 Å². The van der Waals surface area contributed by atoms with Crippen LogP contribution in [0, 0.1) is 0 Å². The molecule has 2 heterocycles. The van der Waals surface area contributed by atoms with Crippen LogP contribution in [0.15, 0.2) is 91.5 Å². The summed E-state index contributed by atoms with van der Waals surface area (Å²) in [6.45, 7) is 4.25. The Morgan fingerprint density at radius 2 is 1.75 bits per heavy atom. The highest BCUT2D eigenvalue weighted by Crippen LogP contribution is 2.24. The summed E-state index contributed by atoms with van der Waals surface area (Å²) >= 11 is 0. The van der Waals surface area contributed by atoms with Crippen LogP contribution in [-0.2, 0) is 24.4 Å². The topological polar surface area (TPSA) is 62.6 Å². The van der Waals surface area contributed by atoms with Gasteiger partial charge in [0.25, 0.3) is 0 Å². The number of nitrogens with one attached hydrogen (secondary N) is 1. The Morgan fingerprint density at radius 1 is 0.972 bits per heavy atom. The minimum Gasteiger partial charge on any atom is -0.497 e. The van der Waals surface area contributed by atoms with Crippen molar-refractivity contribution in [2.75, 3.05) is 31.6 Å². The van der Waals surface area contributed by atoms with Crippen molar-refractivity contribution in [2.24, 2.45) is 0 Å². The predicted molar refractivity (Wildman–Crippen MR) is 141 cm³/mol. The van der Waals surface area contributed by atoms with E-state index < -0.39 is 0 Å². The lowest BCUT2D eigenvalue weighted by Crippen LogP contribution is -2.47. The van der Waals surface area contributed by atoms with Gasteiger partial charge >= 0.3 is 0 Å². The third-order valence-corrected chi connectivity index (χ3v) is 6.39. The lowest BCUT2D eigenvalue weighted by Gasteiger charge is -2.28. The standard InChI is InChI=1S/C29H31N5O2/c1-36-28-10-4-7-25(17-28)20-34(19-24-6-3-8-26(16-24)33-14-11-30-22-33)27-9-2-5-23(15-27)18-32-13-12-31-29(35)21-32/h2-11,14-17,22H,12-13,18-21H2,1H3,(H,31,35). The number of anilines is 1. The van der Waals surface area contributed by atoms with E-state index in [0.717, 1.165) is 43.3 Å². The molecule has 1 saturated heterocycles. The molecule has 7 heteroatoms. The first-order valence-electron chi connectivity index (χ1n) is 12.2. The van der Waals surface area contributed by atoms with Crippen LogP contribution in [0.1, 0.15) is 16.7 Å². The third-order valence-electron chi connectivity index (χ3n) is 6.39. The van der Waals surface area contributed by atoms with Gasteiger partial charge in [0.05, 0.1) is 20.0 Å². The van der Waals surface area contributed by atoms with Crippen molar-refractivity contribution < 1.29 is 9.53 Å². The number of hydrogen-bond acceptors (Lipinski definition) is 5. The summed E-state index contributed by atoms with van der Waals surface area (Å²) in [6, 6.07) is 25.4. The van der Waals surface area contributed by atoms with Gasteiger partial charge in [-0.2, -0.15) is 0 Å². The van der Waals surface area contributed by atoms with Crippen LogP contribution in [0.2, 0.25) is 0 Å². The van der Waals surface area contributed by atoms with Crippen molar-refractivity contribution in [3.05, 3.63) is 108 Å². The van der Waals surface area contributed by atoms with Crippen LogP contribution in [0.5, 0.6) is 5.75 Å². The highest BCUT2D eigenvalue weighted by atomic mass is 16.5. The van der Waals surface area contributed by atoms with Gasteiger partial charge in [-0.15, -0.1) is 0 Å². The Morgan fingerprint density at radius 3 is 2.53 bits per heavy atom. The molecule has 0 atom stereocenters. The maximum absolute atomic E-state index is 11.8. The Kier molecular flexibility index (Phi) is 7.28. The molecule has 0 aliphatic carbocycles. The lowest BCUT2D eigenvalue weighted by atomic mass is 10.1. The predicted octanol–water partition coefficient (Wildman–Crippen LogP) is 4.02. The number of imidazole rings is 1. The van der Waals surface area contributed by atoms with Crippen LogP contribution in [-0.4, -0.2) is 47.1 Å². The van der Waals surface area contributed by atoms with Gasteiger partial charge in [-0.1, -0.05) is 36.4 Å². The molecular weight excluding hydrogens is 450 g/mol. The van der Waals surface area contributed by atoms with E-state index in [1.165, 1.54) is 16.7 Å². The number of ether oxygens (including phenoxy) is 1. The number of piperazine rings is 1. The smallest absolute Gasteiger partial charge is 0.234 e. The second-order valence-corrected chi connectivity index (χ2v) is 9.08. The van der Waals surface area contributed by atoms with Gasteiger partial charge in [0.1, 0.15) is 5.75 Å². The molecule has 3 aromatic carbocycles. The van der Waals surface area contributed by atoms with Crippen LogP contribution in [0.4, 0.5) is 5.69 Å². The molecule has 1 N–H and O–H groups in total. The van der Waals surface area contributed by atoms with Crippen LogP contribution in [0.25, 0.3) is 5.69 Å². The zero-order valence-electron chi connectivity index (χ0n) is 20.5. The number of aromatic nitrogens is 2. The van der Waals surface area contributed by atoms with Gasteiger partial charge in [-0.25, -0.2) is 4.98 Å². The summed E-state index contributed by atoms with van der Waals surface area (Å²) in [6.07, 6.45) is 5.56. The van der Waals surface area contributed by atoms with E-state index >= 15 is 0 Å². The Hall–Kier alpha value is -4.10. The Labute approximate surface area is 211 Å². The Bertz CT molecular complexity index is 1300. The fraction of sp³-hybridized carbons (Fsp3) is 0.241. The van der Waals surface area contributed by atoms with E-state index in [4.69, 9.17) is 4.74 Å². The van der Waals surface area contributed by atoms with Crippen molar-refractivity contribution >= 4 is 11.6 Å². The molecule has 1 amide bonds. The maximum atomic E-state index is 11.8. The Balaban J connectivity index is 1.42. The second kappa shape index (κ2) is 11.1. The molecule has 1 aliphatic heterocycles. The fourth-order valence-corrected chi connectivity index (χ4v) is 4.61. The van der Waals surface area contributed by atoms with Crippen molar-refractivity contribution in [1.82, 2.24) is 19.8 Å². The van der Waals surface area contributed by atoms with Gasteiger partial charge in [-0.3, -0.25) is 9.69 Å². The molecule has 0 unspecified atom stereocenters. The van der Waals surface area contributed by atoms with E-state index in [9.17, 15) is 4.79 Å². The number of nitrogens with zero attached hydrogens (tertiary/aromatic N) is 4. The van der Waals surface area contributed by atoms with Gasteiger partial charge in [-0.05, 0) is 53.1 Å². The second-order valence-electron chi connectivity index (χ2n) is 9.08. The van der Waals surface area contributed by atoms with Gasteiger partial charge in [0.15, 0.2) is 0 Å². The SMILES string of the molecule is COc1cccc(CN(Cc2cccc(-n3ccnc3)c2)c2cccc(CN3CCNC(=O)C3)c2)c1. The summed E-state index contributed by atoms with van der Waals surface area (Å²) < 4.78 is 7.48. The summed E-state index contributed by atoms with van der Waals surface area (Å²) in [5.41, 5.74) is 5.82. The summed E-state index contributed by atoms with van der Waals surface area (Å²) in [5, 5.41) is 2.90. The third kappa shape index (κ3) is 5.93. The lowest BCUT2D eigenvalue weighted by molar-refractivity contribution is -0.124. The largest absolute Gasteiger partial charge is 0.497 e. The van der Waals surface area contributed by atoms with Crippen molar-refractivity contribution in [3.63, 3.8) is 0 Å². The van der Waals surface area contributed by atoms with Gasteiger partial charge in [0.2, 0.25) is 5.91 Å². The summed E-state index contributed by atoms with van der Waals surface area (Å²) in [5.74, 6) is 0.946. The van der Waals surface area contributed by atoms with E-state index in [1.54, 1.807) is 13.3 Å². The van der Waals surface area contributed by atoms with Gasteiger partial charge in [0, 0.05) is 56.5 Å². The number of rotatable bonds is 9. The molecule has 7 nitrogen and oxygen atoms in total. The zero-order valence-corrected chi connectivity index (χ0v) is 20.5. The molecule has 0 radical (unpaired) electrons. The van der Waals surface area contributed by atoms with Crippen LogP contribution >= 0.6 is 0 Å². The minimum atomic E-state index is 0.0924.